The van der Waals surface area contributed by atoms with Gasteiger partial charge in [-0.1, -0.05) is 63.2 Å². The molecule has 0 saturated carbocycles. The van der Waals surface area contributed by atoms with Crippen LogP contribution in [0.1, 0.15) is 43.9 Å². The summed E-state index contributed by atoms with van der Waals surface area (Å²) in [4.78, 5) is 0. The van der Waals surface area contributed by atoms with E-state index in [2.05, 4.69) is 19.9 Å². The van der Waals surface area contributed by atoms with E-state index in [1.807, 2.05) is 25.1 Å². The fourth-order valence-corrected chi connectivity index (χ4v) is 2.77. The summed E-state index contributed by atoms with van der Waals surface area (Å²) in [7, 11) is 0. The summed E-state index contributed by atoms with van der Waals surface area (Å²) >= 11 is 0. The minimum Gasteiger partial charge on any atom is -0.380 e. The zero-order valence-corrected chi connectivity index (χ0v) is 12.9. The molecule has 0 amide bonds. The topological polar surface area (TPSA) is 20.2 Å². The van der Waals surface area contributed by atoms with Gasteiger partial charge in [-0.15, -0.1) is 0 Å². The Bertz CT molecular complexity index is 606. The fraction of sp³-hybridized carbons (Fsp3) is 0.368. The molecule has 0 saturated heterocycles. The van der Waals surface area contributed by atoms with E-state index in [0.717, 1.165) is 12.0 Å². The summed E-state index contributed by atoms with van der Waals surface area (Å²) in [6, 6.07) is 14.3. The Labute approximate surface area is 126 Å². The molecule has 1 unspecified atom stereocenters. The Kier molecular flexibility index (Phi) is 4.79. The molecule has 1 nitrogen and oxygen atoms in total. The molecule has 0 aliphatic rings. The Morgan fingerprint density at radius 3 is 2.43 bits per heavy atom. The molecule has 0 spiro atoms. The molecule has 0 aliphatic heterocycles. The van der Waals surface area contributed by atoms with Crippen LogP contribution in [0.5, 0.6) is 0 Å². The van der Waals surface area contributed by atoms with Crippen LogP contribution in [0.25, 0.3) is 0 Å². The molecule has 0 aromatic heterocycles. The molecule has 2 aromatic carbocycles. The Balaban J connectivity index is 2.48. The van der Waals surface area contributed by atoms with Gasteiger partial charge < -0.3 is 5.11 Å². The van der Waals surface area contributed by atoms with E-state index in [1.54, 1.807) is 18.2 Å². The third kappa shape index (κ3) is 3.33. The highest BCUT2D eigenvalue weighted by Gasteiger charge is 2.32. The molecule has 0 heterocycles. The van der Waals surface area contributed by atoms with Crippen molar-refractivity contribution in [2.75, 3.05) is 0 Å². The summed E-state index contributed by atoms with van der Waals surface area (Å²) in [5.41, 5.74) is 0.992. The van der Waals surface area contributed by atoms with Crippen LogP contribution in [0.4, 0.5) is 4.39 Å². The number of benzene rings is 2. The molecule has 1 N–H and O–H groups in total. The van der Waals surface area contributed by atoms with Crippen molar-refractivity contribution in [3.8, 4) is 0 Å². The summed E-state index contributed by atoms with van der Waals surface area (Å²) in [5, 5.41) is 11.1. The molecule has 112 valence electrons. The van der Waals surface area contributed by atoms with Crippen molar-refractivity contribution < 1.29 is 9.50 Å². The third-order valence-electron chi connectivity index (χ3n) is 3.88. The summed E-state index contributed by atoms with van der Waals surface area (Å²) in [6.07, 6.45) is 1.38. The Hall–Kier alpha value is -1.67. The largest absolute Gasteiger partial charge is 0.380 e. The van der Waals surface area contributed by atoms with E-state index in [-0.39, 0.29) is 5.82 Å². The molecular weight excluding hydrogens is 263 g/mol. The molecule has 2 heteroatoms. The van der Waals surface area contributed by atoms with Gasteiger partial charge in [0.15, 0.2) is 0 Å². The number of rotatable bonds is 5. The average molecular weight is 286 g/mol. The van der Waals surface area contributed by atoms with Gasteiger partial charge in [0.05, 0.1) is 0 Å². The van der Waals surface area contributed by atoms with Crippen LogP contribution in [-0.4, -0.2) is 5.11 Å². The van der Waals surface area contributed by atoms with E-state index in [1.165, 1.54) is 11.6 Å². The molecule has 0 aliphatic carbocycles. The van der Waals surface area contributed by atoms with Gasteiger partial charge in [0.2, 0.25) is 0 Å². The number of aliphatic hydroxyl groups is 1. The second-order valence-electron chi connectivity index (χ2n) is 5.99. The van der Waals surface area contributed by atoms with Crippen LogP contribution in [-0.2, 0) is 12.0 Å². The smallest absolute Gasteiger partial charge is 0.129 e. The van der Waals surface area contributed by atoms with Crippen molar-refractivity contribution in [1.29, 1.82) is 0 Å². The first-order valence-electron chi connectivity index (χ1n) is 7.54. The lowest BCUT2D eigenvalue weighted by atomic mass is 9.82. The van der Waals surface area contributed by atoms with Gasteiger partial charge in [0, 0.05) is 5.56 Å². The van der Waals surface area contributed by atoms with Gasteiger partial charge in [0.25, 0.3) is 0 Å². The fourth-order valence-electron chi connectivity index (χ4n) is 2.77. The van der Waals surface area contributed by atoms with Gasteiger partial charge in [-0.05, 0) is 36.0 Å². The summed E-state index contributed by atoms with van der Waals surface area (Å²) in [5.74, 6) is 0.180. The highest BCUT2D eigenvalue weighted by molar-refractivity contribution is 5.38. The number of hydrogen-bond acceptors (Lipinski definition) is 1. The van der Waals surface area contributed by atoms with E-state index in [4.69, 9.17) is 0 Å². The monoisotopic (exact) mass is 286 g/mol. The van der Waals surface area contributed by atoms with Crippen molar-refractivity contribution >= 4 is 0 Å². The lowest BCUT2D eigenvalue weighted by molar-refractivity contribution is 0.0725. The van der Waals surface area contributed by atoms with Crippen LogP contribution in [0.3, 0.4) is 0 Å². The van der Waals surface area contributed by atoms with E-state index < -0.39 is 5.60 Å². The van der Waals surface area contributed by atoms with Gasteiger partial charge in [-0.25, -0.2) is 4.39 Å². The maximum Gasteiger partial charge on any atom is 0.129 e. The molecule has 0 bridgehead atoms. The lowest BCUT2D eigenvalue weighted by Gasteiger charge is -2.29. The van der Waals surface area contributed by atoms with Gasteiger partial charge in [0.1, 0.15) is 11.4 Å². The van der Waals surface area contributed by atoms with Gasteiger partial charge in [-0.2, -0.15) is 0 Å². The lowest BCUT2D eigenvalue weighted by Crippen LogP contribution is -2.27. The zero-order chi connectivity index (χ0) is 15.5. The van der Waals surface area contributed by atoms with Crippen LogP contribution >= 0.6 is 0 Å². The standard InChI is InChI=1S/C19H23FO/c1-4-19(21,17-10-5-6-11-18(17)20)16-9-7-8-15(13-16)12-14(2)3/h5-11,13-14,21H,4,12H2,1-3H3. The van der Waals surface area contributed by atoms with E-state index in [0.29, 0.717) is 17.9 Å². The van der Waals surface area contributed by atoms with Crippen molar-refractivity contribution in [1.82, 2.24) is 0 Å². The average Bonchev–Trinajstić information content (AvgIpc) is 2.46. The molecule has 2 rings (SSSR count). The first-order chi connectivity index (χ1) is 9.97. The minimum atomic E-state index is -1.28. The van der Waals surface area contributed by atoms with Gasteiger partial charge >= 0.3 is 0 Å². The van der Waals surface area contributed by atoms with Crippen molar-refractivity contribution in [3.63, 3.8) is 0 Å². The quantitative estimate of drug-likeness (QED) is 0.847. The number of halogens is 1. The molecule has 0 fully saturated rings. The van der Waals surface area contributed by atoms with E-state index >= 15 is 0 Å². The van der Waals surface area contributed by atoms with Crippen LogP contribution in [0.15, 0.2) is 48.5 Å². The van der Waals surface area contributed by atoms with Gasteiger partial charge in [-0.3, -0.25) is 0 Å². The maximum absolute atomic E-state index is 14.1. The molecule has 21 heavy (non-hydrogen) atoms. The summed E-state index contributed by atoms with van der Waals surface area (Å²) < 4.78 is 14.1. The Morgan fingerprint density at radius 1 is 1.10 bits per heavy atom. The summed E-state index contributed by atoms with van der Waals surface area (Å²) in [6.45, 7) is 6.20. The van der Waals surface area contributed by atoms with Crippen LogP contribution in [0, 0.1) is 11.7 Å². The van der Waals surface area contributed by atoms with Crippen molar-refractivity contribution in [2.24, 2.45) is 5.92 Å². The van der Waals surface area contributed by atoms with Crippen LogP contribution < -0.4 is 0 Å². The highest BCUT2D eigenvalue weighted by Crippen LogP contribution is 2.34. The molecule has 2 aromatic rings. The molecule has 0 radical (unpaired) electrons. The van der Waals surface area contributed by atoms with Crippen molar-refractivity contribution in [2.45, 2.75) is 39.2 Å². The highest BCUT2D eigenvalue weighted by atomic mass is 19.1. The second kappa shape index (κ2) is 6.40. The normalized spacial score (nSPS) is 14.2. The molecule has 1 atom stereocenters. The third-order valence-corrected chi connectivity index (χ3v) is 3.88. The first-order valence-corrected chi connectivity index (χ1v) is 7.54. The van der Waals surface area contributed by atoms with Crippen molar-refractivity contribution in [3.05, 3.63) is 71.0 Å². The Morgan fingerprint density at radius 2 is 1.81 bits per heavy atom. The minimum absolute atomic E-state index is 0.342. The van der Waals surface area contributed by atoms with Crippen LogP contribution in [0.2, 0.25) is 0 Å². The zero-order valence-electron chi connectivity index (χ0n) is 12.9. The predicted octanol–water partition coefficient (Wildman–Crippen LogP) is 4.67. The SMILES string of the molecule is CCC(O)(c1cccc(CC(C)C)c1)c1ccccc1F. The molecular formula is C19H23FO. The first kappa shape index (κ1) is 15.7. The van der Waals surface area contributed by atoms with E-state index in [9.17, 15) is 9.50 Å². The number of hydrogen-bond donors (Lipinski definition) is 1. The second-order valence-corrected chi connectivity index (χ2v) is 5.99. The maximum atomic E-state index is 14.1. The predicted molar refractivity (Wildman–Crippen MR) is 84.7 cm³/mol.